The fourth-order valence-electron chi connectivity index (χ4n) is 3.78. The van der Waals surface area contributed by atoms with Crippen molar-refractivity contribution in [3.05, 3.63) is 68.9 Å². The lowest BCUT2D eigenvalue weighted by molar-refractivity contribution is -0.136. The van der Waals surface area contributed by atoms with Gasteiger partial charge in [0, 0.05) is 31.7 Å². The number of hydrogen-bond acceptors (Lipinski definition) is 5. The largest absolute Gasteiger partial charge is 0.418 e. The Morgan fingerprint density at radius 1 is 1.09 bits per heavy atom. The monoisotopic (exact) mass is 462 g/mol. The summed E-state index contributed by atoms with van der Waals surface area (Å²) in [6.07, 6.45) is -4.94. The van der Waals surface area contributed by atoms with Crippen molar-refractivity contribution in [3.63, 3.8) is 0 Å². The van der Waals surface area contributed by atoms with Gasteiger partial charge in [-0.1, -0.05) is 12.1 Å². The molecule has 2 heterocycles. The molecule has 0 spiro atoms. The van der Waals surface area contributed by atoms with Crippen LogP contribution in [0.15, 0.2) is 52.1 Å². The fraction of sp³-hybridized carbons (Fsp3) is 0.318. The Labute approximate surface area is 185 Å². The number of nitrogens with one attached hydrogen (secondary N) is 2. The number of amides is 1. The molecule has 1 saturated heterocycles. The van der Waals surface area contributed by atoms with Crippen molar-refractivity contribution in [2.24, 2.45) is 0 Å². The minimum Gasteiger partial charge on any atom is -0.378 e. The molecule has 8 nitrogen and oxygen atoms in total. The van der Waals surface area contributed by atoms with E-state index in [9.17, 15) is 27.6 Å². The first-order valence-corrected chi connectivity index (χ1v) is 10.3. The van der Waals surface area contributed by atoms with Crippen LogP contribution in [0.1, 0.15) is 12.0 Å². The second-order valence-electron chi connectivity index (χ2n) is 7.55. The van der Waals surface area contributed by atoms with E-state index >= 15 is 0 Å². The number of benzene rings is 2. The molecule has 11 heteroatoms. The van der Waals surface area contributed by atoms with Crippen LogP contribution in [0.4, 0.5) is 24.5 Å². The summed E-state index contributed by atoms with van der Waals surface area (Å²) in [5.74, 6) is -0.693. The molecule has 174 valence electrons. The molecule has 4 rings (SSSR count). The third kappa shape index (κ3) is 4.92. The van der Waals surface area contributed by atoms with Crippen molar-refractivity contribution in [1.29, 1.82) is 0 Å². The molecule has 2 N–H and O–H groups in total. The van der Waals surface area contributed by atoms with E-state index in [1.54, 1.807) is 23.1 Å². The molecule has 0 bridgehead atoms. The maximum absolute atomic E-state index is 13.7. The van der Waals surface area contributed by atoms with E-state index < -0.39 is 28.9 Å². The van der Waals surface area contributed by atoms with Crippen LogP contribution < -0.4 is 21.5 Å². The van der Waals surface area contributed by atoms with Gasteiger partial charge in [-0.25, -0.2) is 4.79 Å². The van der Waals surface area contributed by atoms with Crippen molar-refractivity contribution in [2.75, 3.05) is 36.5 Å². The highest BCUT2D eigenvalue weighted by atomic mass is 19.4. The van der Waals surface area contributed by atoms with E-state index in [0.717, 1.165) is 6.07 Å². The zero-order valence-corrected chi connectivity index (χ0v) is 17.4. The number of rotatable bonds is 5. The highest BCUT2D eigenvalue weighted by Crippen LogP contribution is 2.37. The Balaban J connectivity index is 1.54. The molecule has 1 aromatic heterocycles. The summed E-state index contributed by atoms with van der Waals surface area (Å²) in [6, 6.07) is 10.2. The number of ether oxygens (including phenoxy) is 1. The van der Waals surface area contributed by atoms with Crippen LogP contribution in [0, 0.1) is 0 Å². The van der Waals surface area contributed by atoms with Crippen LogP contribution >= 0.6 is 0 Å². The Bertz CT molecular complexity index is 1290. The molecule has 1 aliphatic rings. The minimum atomic E-state index is -4.67. The number of halogens is 3. The van der Waals surface area contributed by atoms with Crippen LogP contribution in [-0.4, -0.2) is 41.8 Å². The van der Waals surface area contributed by atoms with Gasteiger partial charge in [0.2, 0.25) is 5.91 Å². The van der Waals surface area contributed by atoms with Gasteiger partial charge in [0.05, 0.1) is 35.4 Å². The minimum absolute atomic E-state index is 0.116. The lowest BCUT2D eigenvalue weighted by atomic mass is 10.1. The second-order valence-corrected chi connectivity index (χ2v) is 7.55. The number of fused-ring (bicyclic) bond motifs is 1. The molecule has 33 heavy (non-hydrogen) atoms. The molecule has 0 unspecified atom stereocenters. The number of H-pyrrole nitrogens is 1. The van der Waals surface area contributed by atoms with Crippen molar-refractivity contribution < 1.29 is 22.7 Å². The standard InChI is InChI=1S/C22H21F3N4O4/c23-22(24,25)16-13-14(28-9-11-33-12-10-28)5-6-17(16)26-19(30)7-8-29-18-4-2-1-3-15(18)20(31)27-21(29)32/h1-6,13H,7-12H2,(H,26,30)(H,27,31,32). The highest BCUT2D eigenvalue weighted by Gasteiger charge is 2.35. The van der Waals surface area contributed by atoms with E-state index in [-0.39, 0.29) is 24.0 Å². The number of anilines is 2. The van der Waals surface area contributed by atoms with Gasteiger partial charge < -0.3 is 15.0 Å². The number of aromatic amines is 1. The van der Waals surface area contributed by atoms with E-state index in [4.69, 9.17) is 4.74 Å². The number of hydrogen-bond donors (Lipinski definition) is 2. The lowest BCUT2D eigenvalue weighted by Crippen LogP contribution is -2.36. The average molecular weight is 462 g/mol. The number of carbonyl (C=O) groups is 1. The topological polar surface area (TPSA) is 96.4 Å². The van der Waals surface area contributed by atoms with Crippen molar-refractivity contribution in [2.45, 2.75) is 19.1 Å². The number of aryl methyl sites for hydroxylation is 1. The van der Waals surface area contributed by atoms with Gasteiger partial charge in [-0.2, -0.15) is 13.2 Å². The maximum Gasteiger partial charge on any atom is 0.418 e. The third-order valence-corrected chi connectivity index (χ3v) is 5.43. The van der Waals surface area contributed by atoms with Crippen molar-refractivity contribution in [1.82, 2.24) is 9.55 Å². The molecule has 3 aromatic rings. The van der Waals surface area contributed by atoms with Gasteiger partial charge in [0.25, 0.3) is 5.56 Å². The first-order valence-electron chi connectivity index (χ1n) is 10.3. The van der Waals surface area contributed by atoms with Gasteiger partial charge in [-0.15, -0.1) is 0 Å². The first-order chi connectivity index (χ1) is 15.7. The van der Waals surface area contributed by atoms with Crippen LogP contribution in [0.2, 0.25) is 0 Å². The van der Waals surface area contributed by atoms with Gasteiger partial charge in [0.1, 0.15) is 0 Å². The third-order valence-electron chi connectivity index (χ3n) is 5.43. The van der Waals surface area contributed by atoms with Gasteiger partial charge in [0.15, 0.2) is 0 Å². The normalized spacial score (nSPS) is 14.5. The Hall–Kier alpha value is -3.60. The lowest BCUT2D eigenvalue weighted by Gasteiger charge is -2.29. The summed E-state index contributed by atoms with van der Waals surface area (Å²) in [4.78, 5) is 40.6. The summed E-state index contributed by atoms with van der Waals surface area (Å²) >= 11 is 0. The molecule has 0 atom stereocenters. The molecule has 1 amide bonds. The molecular weight excluding hydrogens is 441 g/mol. The number of morpholine rings is 1. The summed E-state index contributed by atoms with van der Waals surface area (Å²) in [7, 11) is 0. The number of alkyl halides is 3. The van der Waals surface area contributed by atoms with Crippen LogP contribution in [-0.2, 0) is 22.3 Å². The molecule has 1 fully saturated rings. The van der Waals surface area contributed by atoms with E-state index in [2.05, 4.69) is 10.3 Å². The van der Waals surface area contributed by atoms with E-state index in [1.807, 2.05) is 0 Å². The first kappa shape index (κ1) is 22.6. The highest BCUT2D eigenvalue weighted by molar-refractivity contribution is 5.92. The van der Waals surface area contributed by atoms with Gasteiger partial charge in [-0.05, 0) is 30.3 Å². The fourth-order valence-corrected chi connectivity index (χ4v) is 3.78. The van der Waals surface area contributed by atoms with Crippen molar-refractivity contribution >= 4 is 28.2 Å². The summed E-state index contributed by atoms with van der Waals surface area (Å²) < 4.78 is 47.5. The Morgan fingerprint density at radius 3 is 2.55 bits per heavy atom. The van der Waals surface area contributed by atoms with E-state index in [0.29, 0.717) is 37.5 Å². The SMILES string of the molecule is O=C(CCn1c(=O)[nH]c(=O)c2ccccc21)Nc1ccc(N2CCOCC2)cc1C(F)(F)F. The van der Waals surface area contributed by atoms with Crippen LogP contribution in [0.3, 0.4) is 0 Å². The van der Waals surface area contributed by atoms with E-state index in [1.165, 1.54) is 22.8 Å². The molecule has 2 aromatic carbocycles. The molecule has 0 radical (unpaired) electrons. The zero-order valence-electron chi connectivity index (χ0n) is 17.4. The maximum atomic E-state index is 13.7. The molecule has 0 saturated carbocycles. The molecular formula is C22H21F3N4O4. The second kappa shape index (κ2) is 9.10. The predicted molar refractivity (Wildman–Crippen MR) is 117 cm³/mol. The summed E-state index contributed by atoms with van der Waals surface area (Å²) in [5, 5.41) is 2.58. The van der Waals surface area contributed by atoms with Gasteiger partial charge in [-0.3, -0.25) is 19.1 Å². The van der Waals surface area contributed by atoms with Crippen molar-refractivity contribution in [3.8, 4) is 0 Å². The zero-order chi connectivity index (χ0) is 23.6. The summed E-state index contributed by atoms with van der Waals surface area (Å²) in [5.41, 5.74) is -1.82. The molecule has 0 aliphatic carbocycles. The number of nitrogens with zero attached hydrogens (tertiary/aromatic N) is 2. The predicted octanol–water partition coefficient (Wildman–Crippen LogP) is 2.57. The smallest absolute Gasteiger partial charge is 0.378 e. The number of carbonyl (C=O) groups excluding carboxylic acids is 1. The average Bonchev–Trinajstić information content (AvgIpc) is 2.79. The number of para-hydroxylation sites is 1. The van der Waals surface area contributed by atoms with Crippen LogP contribution in [0.25, 0.3) is 10.9 Å². The Morgan fingerprint density at radius 2 is 1.82 bits per heavy atom. The quantitative estimate of drug-likeness (QED) is 0.608. The Kier molecular flexibility index (Phi) is 6.23. The van der Waals surface area contributed by atoms with Gasteiger partial charge >= 0.3 is 11.9 Å². The summed E-state index contributed by atoms with van der Waals surface area (Å²) in [6.45, 7) is 1.70. The van der Waals surface area contributed by atoms with Crippen LogP contribution in [0.5, 0.6) is 0 Å². The molecule has 1 aliphatic heterocycles. The number of aromatic nitrogens is 2.